The SMILES string of the molecule is COc1ccc([N+](=O)[O-])cc1CNC(CO)C(C)C. The van der Waals surface area contributed by atoms with Crippen LogP contribution in [-0.4, -0.2) is 29.8 Å². The molecule has 2 N–H and O–H groups in total. The number of ether oxygens (including phenoxy) is 1. The molecule has 6 nitrogen and oxygen atoms in total. The van der Waals surface area contributed by atoms with Crippen molar-refractivity contribution in [1.29, 1.82) is 0 Å². The minimum atomic E-state index is -0.436. The second-order valence-corrected chi connectivity index (χ2v) is 4.67. The van der Waals surface area contributed by atoms with E-state index in [0.717, 1.165) is 0 Å². The summed E-state index contributed by atoms with van der Waals surface area (Å²) in [5.41, 5.74) is 0.735. The Kier molecular flexibility index (Phi) is 5.72. The molecule has 1 atom stereocenters. The van der Waals surface area contributed by atoms with Crippen LogP contribution in [0, 0.1) is 16.0 Å². The standard InChI is InChI=1S/C13H20N2O4/c1-9(2)12(8-16)14-7-10-6-11(15(17)18)4-5-13(10)19-3/h4-6,9,12,14,16H,7-8H2,1-3H3. The highest BCUT2D eigenvalue weighted by atomic mass is 16.6. The van der Waals surface area contributed by atoms with Gasteiger partial charge in [0.15, 0.2) is 0 Å². The third-order valence-electron chi connectivity index (χ3n) is 3.03. The van der Waals surface area contributed by atoms with E-state index in [-0.39, 0.29) is 24.3 Å². The van der Waals surface area contributed by atoms with Crippen LogP contribution in [0.2, 0.25) is 0 Å². The van der Waals surface area contributed by atoms with Crippen LogP contribution in [-0.2, 0) is 6.54 Å². The molecule has 1 rings (SSSR count). The first-order valence-corrected chi connectivity index (χ1v) is 6.15. The predicted octanol–water partition coefficient (Wildman–Crippen LogP) is 1.71. The zero-order chi connectivity index (χ0) is 14.4. The van der Waals surface area contributed by atoms with Gasteiger partial charge >= 0.3 is 0 Å². The molecule has 0 bridgehead atoms. The first-order valence-electron chi connectivity index (χ1n) is 6.15. The average molecular weight is 268 g/mol. The molecular weight excluding hydrogens is 248 g/mol. The second-order valence-electron chi connectivity index (χ2n) is 4.67. The van der Waals surface area contributed by atoms with Crippen molar-refractivity contribution in [3.8, 4) is 5.75 Å². The molecule has 1 unspecified atom stereocenters. The Bertz CT molecular complexity index is 435. The maximum Gasteiger partial charge on any atom is 0.270 e. The topological polar surface area (TPSA) is 84.6 Å². The summed E-state index contributed by atoms with van der Waals surface area (Å²) in [6, 6.07) is 4.43. The molecule has 0 aliphatic rings. The summed E-state index contributed by atoms with van der Waals surface area (Å²) in [6.45, 7) is 4.43. The average Bonchev–Trinajstić information content (AvgIpc) is 2.38. The number of hydrogen-bond donors (Lipinski definition) is 2. The largest absolute Gasteiger partial charge is 0.496 e. The molecule has 0 saturated carbocycles. The van der Waals surface area contributed by atoms with Crippen molar-refractivity contribution in [3.63, 3.8) is 0 Å². The van der Waals surface area contributed by atoms with E-state index in [2.05, 4.69) is 5.32 Å². The van der Waals surface area contributed by atoms with E-state index in [1.807, 2.05) is 13.8 Å². The van der Waals surface area contributed by atoms with Gasteiger partial charge in [-0.05, 0) is 12.0 Å². The van der Waals surface area contributed by atoms with E-state index in [4.69, 9.17) is 4.74 Å². The summed E-state index contributed by atoms with van der Waals surface area (Å²) < 4.78 is 5.18. The lowest BCUT2D eigenvalue weighted by Crippen LogP contribution is -2.36. The van der Waals surface area contributed by atoms with Crippen LogP contribution in [0.5, 0.6) is 5.75 Å². The Hall–Kier alpha value is -1.66. The minimum Gasteiger partial charge on any atom is -0.496 e. The molecule has 0 heterocycles. The molecule has 0 spiro atoms. The first kappa shape index (κ1) is 15.4. The van der Waals surface area contributed by atoms with Gasteiger partial charge in [0.05, 0.1) is 18.6 Å². The van der Waals surface area contributed by atoms with Crippen molar-refractivity contribution in [3.05, 3.63) is 33.9 Å². The van der Waals surface area contributed by atoms with E-state index in [9.17, 15) is 15.2 Å². The van der Waals surface area contributed by atoms with Crippen LogP contribution in [0.4, 0.5) is 5.69 Å². The third kappa shape index (κ3) is 4.18. The molecule has 0 aromatic heterocycles. The van der Waals surface area contributed by atoms with Crippen LogP contribution in [0.1, 0.15) is 19.4 Å². The highest BCUT2D eigenvalue weighted by Gasteiger charge is 2.15. The van der Waals surface area contributed by atoms with E-state index in [0.29, 0.717) is 17.9 Å². The summed E-state index contributed by atoms with van der Waals surface area (Å²) in [5, 5.41) is 23.2. The molecular formula is C13H20N2O4. The van der Waals surface area contributed by atoms with Gasteiger partial charge in [-0.1, -0.05) is 13.8 Å². The Morgan fingerprint density at radius 2 is 2.16 bits per heavy atom. The number of methoxy groups -OCH3 is 1. The van der Waals surface area contributed by atoms with Gasteiger partial charge in [0.2, 0.25) is 0 Å². The normalized spacial score (nSPS) is 12.5. The van der Waals surface area contributed by atoms with Gasteiger partial charge in [0.1, 0.15) is 5.75 Å². The minimum absolute atomic E-state index is 0.0227. The Morgan fingerprint density at radius 1 is 1.47 bits per heavy atom. The third-order valence-corrected chi connectivity index (χ3v) is 3.03. The van der Waals surface area contributed by atoms with Gasteiger partial charge in [-0.2, -0.15) is 0 Å². The fraction of sp³-hybridized carbons (Fsp3) is 0.538. The van der Waals surface area contributed by atoms with Gasteiger partial charge in [0.25, 0.3) is 5.69 Å². The first-order chi connectivity index (χ1) is 8.99. The van der Waals surface area contributed by atoms with E-state index in [1.54, 1.807) is 6.07 Å². The monoisotopic (exact) mass is 268 g/mol. The lowest BCUT2D eigenvalue weighted by Gasteiger charge is -2.20. The molecule has 1 aromatic rings. The van der Waals surface area contributed by atoms with Crippen molar-refractivity contribution in [1.82, 2.24) is 5.32 Å². The highest BCUT2D eigenvalue weighted by Crippen LogP contribution is 2.24. The van der Waals surface area contributed by atoms with E-state index >= 15 is 0 Å². The Balaban J connectivity index is 2.85. The lowest BCUT2D eigenvalue weighted by molar-refractivity contribution is -0.384. The molecule has 0 radical (unpaired) electrons. The van der Waals surface area contributed by atoms with Crippen molar-refractivity contribution < 1.29 is 14.8 Å². The number of benzene rings is 1. The van der Waals surface area contributed by atoms with Gasteiger partial charge < -0.3 is 15.2 Å². The molecule has 6 heteroatoms. The number of nitrogens with one attached hydrogen (secondary N) is 1. The number of hydrogen-bond acceptors (Lipinski definition) is 5. The summed E-state index contributed by atoms with van der Waals surface area (Å²) in [7, 11) is 1.52. The summed E-state index contributed by atoms with van der Waals surface area (Å²) in [5.74, 6) is 0.869. The van der Waals surface area contributed by atoms with Crippen LogP contribution < -0.4 is 10.1 Å². The number of nitro groups is 1. The van der Waals surface area contributed by atoms with Crippen LogP contribution in [0.15, 0.2) is 18.2 Å². The molecule has 1 aromatic carbocycles. The number of aliphatic hydroxyl groups is 1. The molecule has 0 fully saturated rings. The summed E-state index contributed by atoms with van der Waals surface area (Å²) in [4.78, 5) is 10.3. The van der Waals surface area contributed by atoms with Gasteiger partial charge in [0, 0.05) is 30.3 Å². The zero-order valence-corrected chi connectivity index (χ0v) is 11.4. The zero-order valence-electron chi connectivity index (χ0n) is 11.4. The van der Waals surface area contributed by atoms with E-state index < -0.39 is 4.92 Å². The van der Waals surface area contributed by atoms with Crippen molar-refractivity contribution in [2.45, 2.75) is 26.4 Å². The fourth-order valence-corrected chi connectivity index (χ4v) is 1.77. The Labute approximate surface area is 112 Å². The molecule has 0 amide bonds. The quantitative estimate of drug-likeness (QED) is 0.581. The predicted molar refractivity (Wildman–Crippen MR) is 72.2 cm³/mol. The van der Waals surface area contributed by atoms with Crippen LogP contribution >= 0.6 is 0 Å². The van der Waals surface area contributed by atoms with Gasteiger partial charge in [-0.25, -0.2) is 0 Å². The number of rotatable bonds is 7. The van der Waals surface area contributed by atoms with Crippen molar-refractivity contribution in [2.24, 2.45) is 5.92 Å². The molecule has 0 aliphatic carbocycles. The Morgan fingerprint density at radius 3 is 2.63 bits per heavy atom. The molecule has 0 aliphatic heterocycles. The number of nitrogens with zero attached hydrogens (tertiary/aromatic N) is 1. The second kappa shape index (κ2) is 7.06. The number of nitro benzene ring substituents is 1. The van der Waals surface area contributed by atoms with Gasteiger partial charge in [-0.15, -0.1) is 0 Å². The summed E-state index contributed by atoms with van der Waals surface area (Å²) >= 11 is 0. The number of non-ortho nitro benzene ring substituents is 1. The van der Waals surface area contributed by atoms with Crippen LogP contribution in [0.3, 0.4) is 0 Å². The van der Waals surface area contributed by atoms with Crippen molar-refractivity contribution >= 4 is 5.69 Å². The maximum absolute atomic E-state index is 10.8. The van der Waals surface area contributed by atoms with Gasteiger partial charge in [-0.3, -0.25) is 10.1 Å². The van der Waals surface area contributed by atoms with Crippen molar-refractivity contribution in [2.75, 3.05) is 13.7 Å². The molecule has 19 heavy (non-hydrogen) atoms. The maximum atomic E-state index is 10.8. The smallest absolute Gasteiger partial charge is 0.270 e. The fourth-order valence-electron chi connectivity index (χ4n) is 1.77. The van der Waals surface area contributed by atoms with Crippen LogP contribution in [0.25, 0.3) is 0 Å². The molecule has 0 saturated heterocycles. The summed E-state index contributed by atoms with van der Waals surface area (Å²) in [6.07, 6.45) is 0. The number of aliphatic hydroxyl groups excluding tert-OH is 1. The lowest BCUT2D eigenvalue weighted by atomic mass is 10.0. The highest BCUT2D eigenvalue weighted by molar-refractivity contribution is 5.43. The molecule has 106 valence electrons. The van der Waals surface area contributed by atoms with E-state index in [1.165, 1.54) is 19.2 Å².